The number of piperidine rings is 1. The molecule has 4 heterocycles. The number of ether oxygens (including phenoxy) is 2. The number of hydrogen-bond acceptors (Lipinski definition) is 9. The molecule has 3 aromatic rings. The summed E-state index contributed by atoms with van der Waals surface area (Å²) in [5, 5.41) is 2.97. The van der Waals surface area contributed by atoms with Crippen LogP contribution in [0.1, 0.15) is 90.4 Å². The Labute approximate surface area is 341 Å². The number of allylic oxidation sites excluding steroid dienone is 1. The van der Waals surface area contributed by atoms with Gasteiger partial charge in [0.15, 0.2) is 0 Å². The Hall–Kier alpha value is -4.98. The van der Waals surface area contributed by atoms with E-state index in [1.807, 2.05) is 65.6 Å². The van der Waals surface area contributed by atoms with Crippen molar-refractivity contribution in [3.8, 4) is 22.8 Å². The molecule has 2 N–H and O–H groups in total. The predicted molar refractivity (Wildman–Crippen MR) is 220 cm³/mol. The summed E-state index contributed by atoms with van der Waals surface area (Å²) in [6, 6.07) is 16.0. The minimum absolute atomic E-state index is 0.0471. The highest BCUT2D eigenvalue weighted by atomic mass is 32.2. The largest absolute Gasteiger partial charge is 0.497 e. The fourth-order valence-corrected chi connectivity index (χ4v) is 9.68. The van der Waals surface area contributed by atoms with Gasteiger partial charge in [0, 0.05) is 54.9 Å². The molecule has 1 saturated carbocycles. The number of methoxy groups -OCH3 is 1. The molecule has 1 aromatic heterocycles. The van der Waals surface area contributed by atoms with Crippen LogP contribution in [0.2, 0.25) is 0 Å². The van der Waals surface area contributed by atoms with Crippen LogP contribution in [0.5, 0.6) is 11.5 Å². The number of pyridine rings is 1. The summed E-state index contributed by atoms with van der Waals surface area (Å²) in [5.74, 6) is -1.30. The molecular formula is C44H55N5O8S. The third kappa shape index (κ3) is 9.65. The van der Waals surface area contributed by atoms with E-state index in [1.54, 1.807) is 13.2 Å². The molecule has 0 spiro atoms. The number of rotatable bonds is 9. The Bertz CT molecular complexity index is 2140. The first kappa shape index (κ1) is 41.2. The van der Waals surface area contributed by atoms with Crippen molar-refractivity contribution >= 4 is 44.6 Å². The van der Waals surface area contributed by atoms with Gasteiger partial charge in [-0.25, -0.2) is 13.4 Å². The molecule has 4 atom stereocenters. The Balaban J connectivity index is 1.22. The van der Waals surface area contributed by atoms with Crippen LogP contribution in [0, 0.1) is 5.92 Å². The van der Waals surface area contributed by atoms with Crippen molar-refractivity contribution in [2.24, 2.45) is 5.92 Å². The highest BCUT2D eigenvalue weighted by molar-refractivity contribution is 7.91. The average Bonchev–Trinajstić information content (AvgIpc) is 4.02. The normalized spacial score (nSPS) is 25.5. The van der Waals surface area contributed by atoms with Crippen molar-refractivity contribution in [1.29, 1.82) is 0 Å². The molecule has 14 heteroatoms. The van der Waals surface area contributed by atoms with E-state index >= 15 is 0 Å². The molecule has 4 amide bonds. The van der Waals surface area contributed by atoms with Crippen molar-refractivity contribution < 1.29 is 37.1 Å². The van der Waals surface area contributed by atoms with Crippen molar-refractivity contribution in [2.45, 2.75) is 113 Å². The number of benzene rings is 2. The maximum absolute atomic E-state index is 14.8. The van der Waals surface area contributed by atoms with Crippen LogP contribution in [0.3, 0.4) is 0 Å². The van der Waals surface area contributed by atoms with Gasteiger partial charge in [0.25, 0.3) is 5.91 Å². The zero-order valence-corrected chi connectivity index (χ0v) is 34.3. The smallest absolute Gasteiger partial charge is 0.259 e. The Kier molecular flexibility index (Phi) is 12.7. The lowest BCUT2D eigenvalue weighted by Crippen LogP contribution is -2.61. The van der Waals surface area contributed by atoms with E-state index in [9.17, 15) is 27.6 Å². The molecule has 3 aliphatic heterocycles. The number of fused-ring (bicyclic) bond motifs is 2. The predicted octanol–water partition coefficient (Wildman–Crippen LogP) is 5.67. The fraction of sp³-hybridized carbons (Fsp3) is 0.523. The summed E-state index contributed by atoms with van der Waals surface area (Å²) < 4.78 is 40.3. The van der Waals surface area contributed by atoms with E-state index in [2.05, 4.69) is 10.0 Å². The van der Waals surface area contributed by atoms with Gasteiger partial charge < -0.3 is 24.6 Å². The number of carbonyl (C=O) groups excluding carboxylic acids is 4. The SMILES string of the molecule is COc1ccc2c(OC3CC4C(=O)NC(C)(C(=O)NS(=O)(=O)C5CC5)C/C=C/CCCCCC(CC(=O)N5CCCCC5)C(=O)N4C3)cc(-c3ccccc3)nc2c1. The zero-order valence-electron chi connectivity index (χ0n) is 33.5. The molecule has 3 fully saturated rings. The Morgan fingerprint density at radius 3 is 2.45 bits per heavy atom. The number of likely N-dealkylation sites (tertiary alicyclic amines) is 1. The number of nitrogens with one attached hydrogen (secondary N) is 2. The van der Waals surface area contributed by atoms with Crippen LogP contribution in [-0.4, -0.2) is 96.5 Å². The molecule has 58 heavy (non-hydrogen) atoms. The first-order valence-corrected chi connectivity index (χ1v) is 22.3. The van der Waals surface area contributed by atoms with Gasteiger partial charge in [0.05, 0.1) is 30.1 Å². The van der Waals surface area contributed by atoms with Crippen LogP contribution in [0.15, 0.2) is 66.7 Å². The van der Waals surface area contributed by atoms with Gasteiger partial charge in [-0.15, -0.1) is 0 Å². The molecule has 0 bridgehead atoms. The lowest BCUT2D eigenvalue weighted by molar-refractivity contribution is -0.146. The van der Waals surface area contributed by atoms with Crippen LogP contribution in [0.4, 0.5) is 0 Å². The third-order valence-corrected chi connectivity index (χ3v) is 13.7. The Morgan fingerprint density at radius 1 is 0.948 bits per heavy atom. The van der Waals surface area contributed by atoms with Crippen molar-refractivity contribution in [3.63, 3.8) is 0 Å². The minimum atomic E-state index is -3.91. The first-order valence-electron chi connectivity index (χ1n) is 20.8. The van der Waals surface area contributed by atoms with Crippen LogP contribution in [-0.2, 0) is 29.2 Å². The van der Waals surface area contributed by atoms with Crippen LogP contribution >= 0.6 is 0 Å². The maximum atomic E-state index is 14.8. The van der Waals surface area contributed by atoms with Gasteiger partial charge in [-0.3, -0.25) is 23.9 Å². The molecule has 1 aliphatic carbocycles. The molecule has 310 valence electrons. The topological polar surface area (TPSA) is 164 Å². The van der Waals surface area contributed by atoms with E-state index in [0.717, 1.165) is 49.5 Å². The molecular weight excluding hydrogens is 759 g/mol. The zero-order chi connectivity index (χ0) is 40.9. The molecule has 7 rings (SSSR count). The van der Waals surface area contributed by atoms with Gasteiger partial charge in [-0.05, 0) is 76.8 Å². The lowest BCUT2D eigenvalue weighted by Gasteiger charge is -2.33. The second-order valence-electron chi connectivity index (χ2n) is 16.4. The summed E-state index contributed by atoms with van der Waals surface area (Å²) in [6.45, 7) is 2.92. The van der Waals surface area contributed by atoms with Crippen LogP contribution < -0.4 is 19.5 Å². The van der Waals surface area contributed by atoms with Crippen molar-refractivity contribution in [2.75, 3.05) is 26.7 Å². The Morgan fingerprint density at radius 2 is 1.71 bits per heavy atom. The quantitative estimate of drug-likeness (QED) is 0.259. The average molecular weight is 814 g/mol. The third-order valence-electron chi connectivity index (χ3n) is 11.9. The summed E-state index contributed by atoms with van der Waals surface area (Å²) in [5.41, 5.74) is 0.551. The molecule has 4 aliphatic rings. The monoisotopic (exact) mass is 813 g/mol. The highest BCUT2D eigenvalue weighted by Crippen LogP contribution is 2.36. The summed E-state index contributed by atoms with van der Waals surface area (Å²) in [7, 11) is -2.32. The number of hydrogen-bond donors (Lipinski definition) is 2. The van der Waals surface area contributed by atoms with Gasteiger partial charge in [0.1, 0.15) is 29.2 Å². The van der Waals surface area contributed by atoms with Crippen molar-refractivity contribution in [3.05, 3.63) is 66.7 Å². The second kappa shape index (κ2) is 17.9. The van der Waals surface area contributed by atoms with Gasteiger partial charge in [-0.1, -0.05) is 55.3 Å². The van der Waals surface area contributed by atoms with E-state index < -0.39 is 50.7 Å². The number of nitrogens with zero attached hydrogens (tertiary/aromatic N) is 3. The fourth-order valence-electron chi connectivity index (χ4n) is 8.27. The number of aromatic nitrogens is 1. The standard InChI is InChI=1S/C44H55N5O8S/c1-44(43(53)47-58(54,55)34-19-20-34)22-12-6-4-3-5-9-17-31(25-40(50)48-23-13-8-14-24-48)42(52)49-29-33(27-38(49)41(51)46-44)57-39-28-36(30-15-10-7-11-16-30)45-37-26-32(56-2)18-21-35(37)39/h6-7,10-12,15-16,18,21,26,28,31,33-34,38H,3-5,8-9,13-14,17,19-20,22-25,27,29H2,1-2H3,(H,46,51)(H,47,53)/b12-6+. The lowest BCUT2D eigenvalue weighted by atomic mass is 9.94. The highest BCUT2D eigenvalue weighted by Gasteiger charge is 2.47. The molecule has 2 saturated heterocycles. The van der Waals surface area contributed by atoms with E-state index in [0.29, 0.717) is 61.5 Å². The number of amides is 4. The molecule has 0 radical (unpaired) electrons. The van der Waals surface area contributed by atoms with Gasteiger partial charge >= 0.3 is 0 Å². The van der Waals surface area contributed by atoms with Crippen LogP contribution in [0.25, 0.3) is 22.2 Å². The van der Waals surface area contributed by atoms with Gasteiger partial charge in [0.2, 0.25) is 27.7 Å². The summed E-state index contributed by atoms with van der Waals surface area (Å²) >= 11 is 0. The first-order chi connectivity index (χ1) is 27.9. The molecule has 13 nitrogen and oxygen atoms in total. The molecule has 4 unspecified atom stereocenters. The van der Waals surface area contributed by atoms with E-state index in [1.165, 1.54) is 11.8 Å². The molecule has 2 aromatic carbocycles. The number of sulfonamides is 1. The van der Waals surface area contributed by atoms with Crippen molar-refractivity contribution in [1.82, 2.24) is 24.8 Å². The van der Waals surface area contributed by atoms with E-state index in [-0.39, 0.29) is 37.6 Å². The summed E-state index contributed by atoms with van der Waals surface area (Å²) in [4.78, 5) is 65.2. The van der Waals surface area contributed by atoms with Gasteiger partial charge in [-0.2, -0.15) is 0 Å². The van der Waals surface area contributed by atoms with E-state index in [4.69, 9.17) is 14.5 Å². The number of carbonyl (C=O) groups is 4. The second-order valence-corrected chi connectivity index (χ2v) is 18.4. The summed E-state index contributed by atoms with van der Waals surface area (Å²) in [6.07, 6.45) is 10.8. The minimum Gasteiger partial charge on any atom is -0.497 e. The maximum Gasteiger partial charge on any atom is 0.259 e.